The zero-order valence-corrected chi connectivity index (χ0v) is 15.9. The number of aryl methyl sites for hydroxylation is 2. The highest BCUT2D eigenvalue weighted by molar-refractivity contribution is 7.99. The van der Waals surface area contributed by atoms with Gasteiger partial charge in [0.15, 0.2) is 5.16 Å². The monoisotopic (exact) mass is 388 g/mol. The lowest BCUT2D eigenvalue weighted by Crippen LogP contribution is -2.11. The Hall–Kier alpha value is -2.38. The Balaban J connectivity index is 1.95. The van der Waals surface area contributed by atoms with Gasteiger partial charge in [-0.2, -0.15) is 0 Å². The highest BCUT2D eigenvalue weighted by Crippen LogP contribution is 2.36. The van der Waals surface area contributed by atoms with Crippen molar-refractivity contribution in [3.8, 4) is 5.69 Å². The summed E-state index contributed by atoms with van der Waals surface area (Å²) < 4.78 is 1.91. The van der Waals surface area contributed by atoms with E-state index in [1.165, 1.54) is 11.8 Å². The third-order valence-electron chi connectivity index (χ3n) is 3.89. The Bertz CT molecular complexity index is 910. The fourth-order valence-corrected chi connectivity index (χ4v) is 3.86. The van der Waals surface area contributed by atoms with Crippen LogP contribution in [-0.4, -0.2) is 26.2 Å². The molecule has 0 unspecified atom stereocenters. The van der Waals surface area contributed by atoms with E-state index < -0.39 is 5.25 Å². The van der Waals surface area contributed by atoms with E-state index >= 15 is 0 Å². The molecule has 0 saturated heterocycles. The topological polar surface area (TPSA) is 73.8 Å². The number of thioether (sulfide) groups is 1. The fourth-order valence-electron chi connectivity index (χ4n) is 2.56. The van der Waals surface area contributed by atoms with Crippen molar-refractivity contribution < 1.29 is 4.92 Å². The van der Waals surface area contributed by atoms with Crippen LogP contribution in [0.15, 0.2) is 53.7 Å². The molecular weight excluding hydrogens is 372 g/mol. The maximum Gasteiger partial charge on any atom is 0.220 e. The second-order valence-electron chi connectivity index (χ2n) is 5.87. The highest BCUT2D eigenvalue weighted by atomic mass is 35.5. The van der Waals surface area contributed by atoms with E-state index in [4.69, 9.17) is 11.6 Å². The molecule has 134 valence electrons. The van der Waals surface area contributed by atoms with Gasteiger partial charge in [-0.3, -0.25) is 14.7 Å². The van der Waals surface area contributed by atoms with Crippen molar-refractivity contribution in [3.05, 3.63) is 80.6 Å². The van der Waals surface area contributed by atoms with Gasteiger partial charge >= 0.3 is 0 Å². The predicted octanol–water partition coefficient (Wildman–Crippen LogP) is 4.65. The molecule has 0 saturated carbocycles. The molecule has 1 aromatic heterocycles. The quantitative estimate of drug-likeness (QED) is 0.349. The van der Waals surface area contributed by atoms with Crippen molar-refractivity contribution in [2.45, 2.75) is 24.3 Å². The minimum atomic E-state index is -0.393. The largest absolute Gasteiger partial charge is 0.274 e. The van der Waals surface area contributed by atoms with Crippen LogP contribution in [-0.2, 0) is 0 Å². The van der Waals surface area contributed by atoms with Gasteiger partial charge in [-0.05, 0) is 43.7 Å². The third-order valence-corrected chi connectivity index (χ3v) is 5.32. The van der Waals surface area contributed by atoms with E-state index in [0.717, 1.165) is 22.6 Å². The van der Waals surface area contributed by atoms with Gasteiger partial charge in [0.05, 0.1) is 0 Å². The van der Waals surface area contributed by atoms with Crippen molar-refractivity contribution >= 4 is 23.4 Å². The summed E-state index contributed by atoms with van der Waals surface area (Å²) in [5.41, 5.74) is 2.91. The molecule has 1 atom stereocenters. The molecule has 3 rings (SSSR count). The number of aromatic nitrogens is 3. The van der Waals surface area contributed by atoms with Crippen LogP contribution in [0.5, 0.6) is 0 Å². The zero-order valence-electron chi connectivity index (χ0n) is 14.3. The molecule has 0 fully saturated rings. The number of rotatable bonds is 6. The summed E-state index contributed by atoms with van der Waals surface area (Å²) in [6, 6.07) is 15.1. The Kier molecular flexibility index (Phi) is 5.58. The smallest absolute Gasteiger partial charge is 0.220 e. The average molecular weight is 389 g/mol. The normalized spacial score (nSPS) is 12.1. The van der Waals surface area contributed by atoms with Gasteiger partial charge in [-0.25, -0.2) is 0 Å². The first-order valence-electron chi connectivity index (χ1n) is 7.97. The molecule has 8 heteroatoms. The Labute approximate surface area is 160 Å². The molecule has 0 N–H and O–H groups in total. The summed E-state index contributed by atoms with van der Waals surface area (Å²) in [5, 5.41) is 20.4. The van der Waals surface area contributed by atoms with Crippen LogP contribution >= 0.6 is 23.4 Å². The van der Waals surface area contributed by atoms with E-state index in [9.17, 15) is 10.1 Å². The second kappa shape index (κ2) is 7.88. The molecule has 3 aromatic rings. The van der Waals surface area contributed by atoms with E-state index in [-0.39, 0.29) is 11.5 Å². The summed E-state index contributed by atoms with van der Waals surface area (Å²) in [6.45, 7) is 3.67. The van der Waals surface area contributed by atoms with E-state index in [0.29, 0.717) is 10.2 Å². The van der Waals surface area contributed by atoms with Crippen LogP contribution in [0.4, 0.5) is 0 Å². The summed E-state index contributed by atoms with van der Waals surface area (Å²) in [4.78, 5) is 10.8. The predicted molar refractivity (Wildman–Crippen MR) is 103 cm³/mol. The summed E-state index contributed by atoms with van der Waals surface area (Å²) >= 11 is 7.26. The first kappa shape index (κ1) is 18.4. The molecule has 0 amide bonds. The average Bonchev–Trinajstić information content (AvgIpc) is 2.96. The maximum atomic E-state index is 11.2. The standard InChI is InChI=1S/C18H17ClN4O2S/c1-12-3-9-16(10-4-12)23-13(2)20-21-18(23)26-17(11-22(24)25)14-5-7-15(19)8-6-14/h3-10,17H,11H2,1-2H3/t17-/m1/s1. The number of nitro groups is 1. The van der Waals surface area contributed by atoms with Gasteiger partial charge in [-0.15, -0.1) is 10.2 Å². The lowest BCUT2D eigenvalue weighted by molar-refractivity contribution is -0.479. The van der Waals surface area contributed by atoms with Gasteiger partial charge < -0.3 is 0 Å². The molecular formula is C18H17ClN4O2S. The Morgan fingerprint density at radius 3 is 2.38 bits per heavy atom. The minimum Gasteiger partial charge on any atom is -0.274 e. The molecule has 1 heterocycles. The SMILES string of the molecule is Cc1ccc(-n2c(C)nnc2S[C@H](C[N+](=O)[O-])c2ccc(Cl)cc2)cc1. The summed E-state index contributed by atoms with van der Waals surface area (Å²) in [6.07, 6.45) is 0. The van der Waals surface area contributed by atoms with Crippen LogP contribution < -0.4 is 0 Å². The third kappa shape index (κ3) is 4.23. The fraction of sp³-hybridized carbons (Fsp3) is 0.222. The van der Waals surface area contributed by atoms with E-state index in [1.54, 1.807) is 12.1 Å². The molecule has 0 radical (unpaired) electrons. The lowest BCUT2D eigenvalue weighted by Gasteiger charge is -2.14. The van der Waals surface area contributed by atoms with Crippen LogP contribution in [0.1, 0.15) is 22.2 Å². The first-order chi connectivity index (χ1) is 12.4. The number of hydrogen-bond acceptors (Lipinski definition) is 5. The molecule has 0 aliphatic carbocycles. The summed E-state index contributed by atoms with van der Waals surface area (Å²) in [7, 11) is 0. The molecule has 0 bridgehead atoms. The van der Waals surface area contributed by atoms with Crippen molar-refractivity contribution in [3.63, 3.8) is 0 Å². The molecule has 2 aromatic carbocycles. The van der Waals surface area contributed by atoms with Gasteiger partial charge in [0.1, 0.15) is 11.1 Å². The molecule has 26 heavy (non-hydrogen) atoms. The second-order valence-corrected chi connectivity index (χ2v) is 7.48. The van der Waals surface area contributed by atoms with Crippen molar-refractivity contribution in [2.75, 3.05) is 6.54 Å². The highest BCUT2D eigenvalue weighted by Gasteiger charge is 2.23. The van der Waals surface area contributed by atoms with Crippen LogP contribution in [0.3, 0.4) is 0 Å². The van der Waals surface area contributed by atoms with Crippen molar-refractivity contribution in [1.29, 1.82) is 0 Å². The first-order valence-corrected chi connectivity index (χ1v) is 9.23. The van der Waals surface area contributed by atoms with E-state index in [1.807, 2.05) is 54.8 Å². The van der Waals surface area contributed by atoms with Gasteiger partial charge in [0.2, 0.25) is 6.54 Å². The zero-order chi connectivity index (χ0) is 18.7. The number of halogens is 1. The molecule has 0 spiro atoms. The van der Waals surface area contributed by atoms with Crippen molar-refractivity contribution in [2.24, 2.45) is 0 Å². The van der Waals surface area contributed by atoms with Gasteiger partial charge in [0, 0.05) is 15.6 Å². The van der Waals surface area contributed by atoms with Gasteiger partial charge in [-0.1, -0.05) is 53.2 Å². The Morgan fingerprint density at radius 1 is 1.12 bits per heavy atom. The molecule has 6 nitrogen and oxygen atoms in total. The molecule has 0 aliphatic rings. The van der Waals surface area contributed by atoms with Gasteiger partial charge in [0.25, 0.3) is 0 Å². The number of benzene rings is 2. The minimum absolute atomic E-state index is 0.216. The van der Waals surface area contributed by atoms with Crippen LogP contribution in [0.2, 0.25) is 5.02 Å². The number of hydrogen-bond donors (Lipinski definition) is 0. The van der Waals surface area contributed by atoms with Crippen LogP contribution in [0, 0.1) is 24.0 Å². The maximum absolute atomic E-state index is 11.2. The Morgan fingerprint density at radius 2 is 1.77 bits per heavy atom. The van der Waals surface area contributed by atoms with E-state index in [2.05, 4.69) is 10.2 Å². The molecule has 0 aliphatic heterocycles. The summed E-state index contributed by atoms with van der Waals surface area (Å²) in [5.74, 6) is 0.729. The lowest BCUT2D eigenvalue weighted by atomic mass is 10.1. The van der Waals surface area contributed by atoms with Crippen LogP contribution in [0.25, 0.3) is 5.69 Å². The van der Waals surface area contributed by atoms with Crippen molar-refractivity contribution in [1.82, 2.24) is 14.8 Å². The number of nitrogens with zero attached hydrogens (tertiary/aromatic N) is 4.